The summed E-state index contributed by atoms with van der Waals surface area (Å²) in [5, 5.41) is 0. The predicted molar refractivity (Wildman–Crippen MR) is 82.3 cm³/mol. The summed E-state index contributed by atoms with van der Waals surface area (Å²) < 4.78 is 0.0110. The van der Waals surface area contributed by atoms with Gasteiger partial charge in [0.1, 0.15) is 0 Å². The quantitative estimate of drug-likeness (QED) is 0.802. The molecule has 0 atom stereocenters. The molecule has 2 heterocycles. The van der Waals surface area contributed by atoms with E-state index in [1.165, 1.54) is 0 Å². The fourth-order valence-electron chi connectivity index (χ4n) is 2.39. The second-order valence-corrected chi connectivity index (χ2v) is 7.21. The topological polar surface area (TPSA) is 33.2 Å². The predicted octanol–water partition coefficient (Wildman–Crippen LogP) is 3.61. The number of para-hydroxylation sites is 1. The number of carbonyl (C=O) groups is 1. The number of fused-ring (bicyclic) bond motifs is 1. The Bertz CT molecular complexity index is 640. The van der Waals surface area contributed by atoms with Crippen LogP contribution in [0.1, 0.15) is 24.2 Å². The van der Waals surface area contributed by atoms with E-state index in [-0.39, 0.29) is 10.7 Å². The lowest BCUT2D eigenvalue weighted by atomic mass is 10.1. The van der Waals surface area contributed by atoms with Gasteiger partial charge in [-0.25, -0.2) is 0 Å². The minimum absolute atomic E-state index is 0.0110. The molecule has 0 N–H and O–H groups in total. The van der Waals surface area contributed by atoms with Gasteiger partial charge in [0.05, 0.1) is 5.69 Å². The molecular formula is C16H16N2OS. The number of amides is 1. The molecular weight excluding hydrogens is 268 g/mol. The number of rotatable bonds is 1. The van der Waals surface area contributed by atoms with E-state index < -0.39 is 0 Å². The van der Waals surface area contributed by atoms with Crippen LogP contribution in [0, 0.1) is 0 Å². The second-order valence-electron chi connectivity index (χ2n) is 5.46. The third-order valence-corrected chi connectivity index (χ3v) is 4.50. The van der Waals surface area contributed by atoms with Crippen LogP contribution >= 0.6 is 11.8 Å². The highest BCUT2D eigenvalue weighted by Crippen LogP contribution is 2.44. The Morgan fingerprint density at radius 2 is 1.90 bits per heavy atom. The molecule has 1 aliphatic rings. The summed E-state index contributed by atoms with van der Waals surface area (Å²) in [6, 6.07) is 11.6. The minimum atomic E-state index is 0.0110. The zero-order chi connectivity index (χ0) is 14.2. The number of hydrogen-bond acceptors (Lipinski definition) is 3. The van der Waals surface area contributed by atoms with E-state index in [0.29, 0.717) is 12.1 Å². The Morgan fingerprint density at radius 3 is 2.65 bits per heavy atom. The number of benzene rings is 1. The molecule has 3 nitrogen and oxygen atoms in total. The van der Waals surface area contributed by atoms with Crippen molar-refractivity contribution in [3.05, 3.63) is 54.4 Å². The van der Waals surface area contributed by atoms with E-state index in [1.54, 1.807) is 24.5 Å². The van der Waals surface area contributed by atoms with Crippen LogP contribution in [0.25, 0.3) is 0 Å². The molecule has 0 aliphatic carbocycles. The summed E-state index contributed by atoms with van der Waals surface area (Å²) in [6.07, 6.45) is 3.31. The van der Waals surface area contributed by atoms with Gasteiger partial charge >= 0.3 is 0 Å². The molecule has 1 amide bonds. The van der Waals surface area contributed by atoms with E-state index in [1.807, 2.05) is 34.9 Å². The van der Waals surface area contributed by atoms with Gasteiger partial charge in [0.25, 0.3) is 5.91 Å². The van der Waals surface area contributed by atoms with Crippen molar-refractivity contribution in [2.24, 2.45) is 0 Å². The number of aromatic nitrogens is 1. The molecule has 102 valence electrons. The van der Waals surface area contributed by atoms with Crippen molar-refractivity contribution in [3.63, 3.8) is 0 Å². The van der Waals surface area contributed by atoms with Crippen molar-refractivity contribution < 1.29 is 4.79 Å². The molecule has 1 aromatic heterocycles. The number of thioether (sulfide) groups is 1. The first kappa shape index (κ1) is 13.2. The molecule has 0 bridgehead atoms. The van der Waals surface area contributed by atoms with E-state index in [4.69, 9.17) is 0 Å². The van der Waals surface area contributed by atoms with Gasteiger partial charge in [-0.15, -0.1) is 11.8 Å². The lowest BCUT2D eigenvalue weighted by Gasteiger charge is -2.38. The van der Waals surface area contributed by atoms with Crippen LogP contribution in [-0.2, 0) is 0 Å². The molecule has 0 radical (unpaired) electrons. The van der Waals surface area contributed by atoms with E-state index >= 15 is 0 Å². The fraction of sp³-hybridized carbons (Fsp3) is 0.250. The summed E-state index contributed by atoms with van der Waals surface area (Å²) in [5.74, 6) is 0.0354. The summed E-state index contributed by atoms with van der Waals surface area (Å²) >= 11 is 1.82. The van der Waals surface area contributed by atoms with Gasteiger partial charge in [0.15, 0.2) is 0 Å². The SMILES string of the molecule is CC1(C)CN(C(=O)c2ccncc2)c2ccccc2S1. The molecule has 2 aromatic rings. The van der Waals surface area contributed by atoms with Crippen LogP contribution in [-0.4, -0.2) is 22.2 Å². The number of pyridine rings is 1. The summed E-state index contributed by atoms with van der Waals surface area (Å²) in [6.45, 7) is 5.04. The molecule has 1 aliphatic heterocycles. The van der Waals surface area contributed by atoms with Gasteiger partial charge in [0.2, 0.25) is 0 Å². The Balaban J connectivity index is 2.03. The number of carbonyl (C=O) groups excluding carboxylic acids is 1. The maximum Gasteiger partial charge on any atom is 0.258 e. The average Bonchev–Trinajstić information content (AvgIpc) is 2.45. The first-order valence-corrected chi connectivity index (χ1v) is 7.38. The van der Waals surface area contributed by atoms with E-state index in [0.717, 1.165) is 10.6 Å². The summed E-state index contributed by atoms with van der Waals surface area (Å²) in [7, 11) is 0. The first-order chi connectivity index (χ1) is 9.57. The van der Waals surface area contributed by atoms with Gasteiger partial charge in [-0.05, 0) is 38.1 Å². The highest BCUT2D eigenvalue weighted by Gasteiger charge is 2.34. The van der Waals surface area contributed by atoms with Crippen LogP contribution in [0.15, 0.2) is 53.7 Å². The lowest BCUT2D eigenvalue weighted by molar-refractivity contribution is 0.0983. The van der Waals surface area contributed by atoms with Gasteiger partial charge in [-0.3, -0.25) is 9.78 Å². The first-order valence-electron chi connectivity index (χ1n) is 6.57. The molecule has 0 saturated heterocycles. The smallest absolute Gasteiger partial charge is 0.258 e. The van der Waals surface area contributed by atoms with Crippen LogP contribution < -0.4 is 4.90 Å². The molecule has 1 aromatic carbocycles. The minimum Gasteiger partial charge on any atom is -0.306 e. The zero-order valence-electron chi connectivity index (χ0n) is 11.5. The van der Waals surface area contributed by atoms with E-state index in [9.17, 15) is 4.79 Å². The molecule has 3 rings (SSSR count). The largest absolute Gasteiger partial charge is 0.306 e. The van der Waals surface area contributed by atoms with Gasteiger partial charge in [0, 0.05) is 34.1 Å². The number of anilines is 1. The van der Waals surface area contributed by atoms with Gasteiger partial charge in [-0.2, -0.15) is 0 Å². The Hall–Kier alpha value is -1.81. The average molecular weight is 284 g/mol. The number of hydrogen-bond donors (Lipinski definition) is 0. The van der Waals surface area contributed by atoms with Crippen LogP contribution in [0.4, 0.5) is 5.69 Å². The third kappa shape index (κ3) is 2.43. The summed E-state index contributed by atoms with van der Waals surface area (Å²) in [5.41, 5.74) is 1.68. The Kier molecular flexibility index (Phi) is 3.26. The van der Waals surface area contributed by atoms with Crippen LogP contribution in [0.2, 0.25) is 0 Å². The lowest BCUT2D eigenvalue weighted by Crippen LogP contribution is -2.43. The van der Waals surface area contributed by atoms with Crippen molar-refractivity contribution in [1.29, 1.82) is 0 Å². The Labute approximate surface area is 123 Å². The van der Waals surface area contributed by atoms with Crippen molar-refractivity contribution in [3.8, 4) is 0 Å². The zero-order valence-corrected chi connectivity index (χ0v) is 12.4. The van der Waals surface area contributed by atoms with E-state index in [2.05, 4.69) is 24.9 Å². The molecule has 20 heavy (non-hydrogen) atoms. The molecule has 4 heteroatoms. The highest BCUT2D eigenvalue weighted by atomic mass is 32.2. The highest BCUT2D eigenvalue weighted by molar-refractivity contribution is 8.00. The second kappa shape index (κ2) is 4.94. The maximum atomic E-state index is 12.7. The summed E-state index contributed by atoms with van der Waals surface area (Å²) in [4.78, 5) is 19.7. The molecule has 0 saturated carbocycles. The van der Waals surface area contributed by atoms with Gasteiger partial charge < -0.3 is 4.90 Å². The van der Waals surface area contributed by atoms with Crippen molar-refractivity contribution in [1.82, 2.24) is 4.98 Å². The normalized spacial score (nSPS) is 16.6. The third-order valence-electron chi connectivity index (χ3n) is 3.25. The van der Waals surface area contributed by atoms with Crippen molar-refractivity contribution >= 4 is 23.4 Å². The Morgan fingerprint density at radius 1 is 1.20 bits per heavy atom. The molecule has 0 spiro atoms. The standard InChI is InChI=1S/C16H16N2OS/c1-16(2)11-18(13-5-3-4-6-14(13)20-16)15(19)12-7-9-17-10-8-12/h3-10H,11H2,1-2H3. The molecule has 0 unspecified atom stereocenters. The van der Waals surface area contributed by atoms with Crippen molar-refractivity contribution in [2.45, 2.75) is 23.5 Å². The monoisotopic (exact) mass is 284 g/mol. The number of nitrogens with zero attached hydrogens (tertiary/aromatic N) is 2. The van der Waals surface area contributed by atoms with Gasteiger partial charge in [-0.1, -0.05) is 12.1 Å². The van der Waals surface area contributed by atoms with Crippen LogP contribution in [0.3, 0.4) is 0 Å². The maximum absolute atomic E-state index is 12.7. The van der Waals surface area contributed by atoms with Crippen molar-refractivity contribution in [2.75, 3.05) is 11.4 Å². The van der Waals surface area contributed by atoms with Crippen LogP contribution in [0.5, 0.6) is 0 Å². The molecule has 0 fully saturated rings. The fourth-order valence-corrected chi connectivity index (χ4v) is 3.61.